The number of aryl methyl sites for hydroxylation is 1. The Kier molecular flexibility index (Phi) is 4.55. The number of hydrogen-bond acceptors (Lipinski definition) is 4. The third-order valence-corrected chi connectivity index (χ3v) is 4.13. The summed E-state index contributed by atoms with van der Waals surface area (Å²) in [6.45, 7) is 1.62. The number of hydrogen-bond donors (Lipinski definition) is 1. The van der Waals surface area contributed by atoms with Gasteiger partial charge in [0, 0.05) is 12.6 Å². The topological polar surface area (TPSA) is 75.0 Å². The Morgan fingerprint density at radius 2 is 2.12 bits per heavy atom. The zero-order chi connectivity index (χ0) is 18.9. The van der Waals surface area contributed by atoms with Crippen molar-refractivity contribution in [2.45, 2.75) is 31.7 Å². The first-order chi connectivity index (χ1) is 12.3. The van der Waals surface area contributed by atoms with E-state index in [4.69, 9.17) is 10.00 Å². The van der Waals surface area contributed by atoms with Gasteiger partial charge in [-0.1, -0.05) is 18.2 Å². The summed E-state index contributed by atoms with van der Waals surface area (Å²) in [5, 5.41) is 11.3. The number of pyridine rings is 1. The highest BCUT2D eigenvalue weighted by Crippen LogP contribution is 2.35. The number of halogens is 3. The van der Waals surface area contributed by atoms with Crippen molar-refractivity contribution in [3.63, 3.8) is 0 Å². The number of benzene rings is 1. The number of fused-ring (bicyclic) bond motifs is 1. The van der Waals surface area contributed by atoms with E-state index >= 15 is 0 Å². The smallest absolute Gasteiger partial charge is 0.427 e. The van der Waals surface area contributed by atoms with Gasteiger partial charge in [0.15, 0.2) is 0 Å². The Hall–Kier alpha value is -3.08. The van der Waals surface area contributed by atoms with Crippen LogP contribution >= 0.6 is 0 Å². The fraction of sp³-hybridized carbons (Fsp3) is 0.278. The van der Waals surface area contributed by atoms with Gasteiger partial charge in [-0.05, 0) is 30.2 Å². The van der Waals surface area contributed by atoms with Gasteiger partial charge in [-0.15, -0.1) is 0 Å². The summed E-state index contributed by atoms with van der Waals surface area (Å²) in [7, 11) is 0. The maximum Gasteiger partial charge on any atom is 0.427 e. The van der Waals surface area contributed by atoms with Crippen LogP contribution in [0.15, 0.2) is 36.5 Å². The Labute approximate surface area is 147 Å². The normalized spacial score (nSPS) is 19.0. The molecular formula is C18H14F3N3O2. The molecule has 0 fully saturated rings. The molecule has 1 aliphatic rings. The molecule has 3 rings (SSSR count). The van der Waals surface area contributed by atoms with Crippen molar-refractivity contribution in [2.24, 2.45) is 0 Å². The van der Waals surface area contributed by atoms with Crippen LogP contribution in [0.3, 0.4) is 0 Å². The van der Waals surface area contributed by atoms with E-state index in [2.05, 4.69) is 10.3 Å². The lowest BCUT2D eigenvalue weighted by atomic mass is 9.96. The fourth-order valence-electron chi connectivity index (χ4n) is 2.81. The summed E-state index contributed by atoms with van der Waals surface area (Å²) < 4.78 is 45.2. The number of rotatable bonds is 2. The highest BCUT2D eigenvalue weighted by molar-refractivity contribution is 5.92. The van der Waals surface area contributed by atoms with Gasteiger partial charge in [-0.2, -0.15) is 18.4 Å². The number of nitrogens with one attached hydrogen (secondary N) is 1. The van der Waals surface area contributed by atoms with E-state index in [-0.39, 0.29) is 17.9 Å². The third-order valence-electron chi connectivity index (χ3n) is 4.13. The van der Waals surface area contributed by atoms with Gasteiger partial charge in [-0.3, -0.25) is 4.79 Å². The predicted octanol–water partition coefficient (Wildman–Crippen LogP) is 2.93. The lowest BCUT2D eigenvalue weighted by Gasteiger charge is -2.35. The van der Waals surface area contributed by atoms with Gasteiger partial charge in [-0.25, -0.2) is 4.98 Å². The van der Waals surface area contributed by atoms with Crippen LogP contribution in [0.1, 0.15) is 27.2 Å². The van der Waals surface area contributed by atoms with Gasteiger partial charge in [0.2, 0.25) is 6.10 Å². The molecule has 0 bridgehead atoms. The molecule has 0 aliphatic carbocycles. The Morgan fingerprint density at radius 3 is 2.77 bits per heavy atom. The zero-order valence-corrected chi connectivity index (χ0v) is 13.7. The van der Waals surface area contributed by atoms with Crippen molar-refractivity contribution in [3.05, 3.63) is 58.9 Å². The first kappa shape index (κ1) is 17.7. The molecule has 1 aromatic carbocycles. The number of para-hydroxylation sites is 1. The fourth-order valence-corrected chi connectivity index (χ4v) is 2.81. The Balaban J connectivity index is 1.86. The van der Waals surface area contributed by atoms with Crippen molar-refractivity contribution in [3.8, 4) is 11.8 Å². The molecule has 0 radical (unpaired) electrons. The molecule has 1 aliphatic heterocycles. The van der Waals surface area contributed by atoms with Gasteiger partial charge in [0.05, 0.1) is 11.6 Å². The second-order valence-corrected chi connectivity index (χ2v) is 5.97. The van der Waals surface area contributed by atoms with Crippen LogP contribution < -0.4 is 10.1 Å². The number of ether oxygens (including phenoxy) is 1. The average Bonchev–Trinajstić information content (AvgIpc) is 2.60. The van der Waals surface area contributed by atoms with E-state index in [9.17, 15) is 18.0 Å². The average molecular weight is 361 g/mol. The lowest BCUT2D eigenvalue weighted by molar-refractivity contribution is -0.205. The minimum atomic E-state index is -4.64. The van der Waals surface area contributed by atoms with Crippen LogP contribution in [0, 0.1) is 18.3 Å². The number of nitriles is 1. The molecule has 1 N–H and O–H groups in total. The molecule has 2 aromatic rings. The molecule has 2 heterocycles. The van der Waals surface area contributed by atoms with Gasteiger partial charge < -0.3 is 10.1 Å². The molecule has 1 aromatic heterocycles. The van der Waals surface area contributed by atoms with Crippen molar-refractivity contribution in [1.29, 1.82) is 5.26 Å². The van der Waals surface area contributed by atoms with Crippen molar-refractivity contribution in [2.75, 3.05) is 0 Å². The SMILES string of the molecule is Cc1cc(C(=O)N[C@@H]2Cc3ccccc3O[C@H]2C(F)(F)F)ncc1C#N. The van der Waals surface area contributed by atoms with Crippen LogP contribution in [0.25, 0.3) is 0 Å². The Morgan fingerprint density at radius 1 is 1.38 bits per heavy atom. The second kappa shape index (κ2) is 6.67. The quantitative estimate of drug-likeness (QED) is 0.892. The van der Waals surface area contributed by atoms with Crippen molar-refractivity contribution in [1.82, 2.24) is 10.3 Å². The van der Waals surface area contributed by atoms with Gasteiger partial charge >= 0.3 is 6.18 Å². The molecule has 0 saturated heterocycles. The molecule has 8 heteroatoms. The van der Waals surface area contributed by atoms with Crippen LogP contribution in [0.4, 0.5) is 13.2 Å². The van der Waals surface area contributed by atoms with E-state index in [1.807, 2.05) is 6.07 Å². The summed E-state index contributed by atoms with van der Waals surface area (Å²) in [4.78, 5) is 16.2. The van der Waals surface area contributed by atoms with Crippen molar-refractivity contribution < 1.29 is 22.7 Å². The predicted molar refractivity (Wildman–Crippen MR) is 85.6 cm³/mol. The second-order valence-electron chi connectivity index (χ2n) is 5.97. The van der Waals surface area contributed by atoms with E-state index in [0.29, 0.717) is 16.7 Å². The molecule has 1 amide bonds. The standard InChI is InChI=1S/C18H14F3N3O2/c1-10-6-14(23-9-12(10)8-22)17(25)24-13-7-11-4-2-3-5-15(11)26-16(13)18(19,20)21/h2-6,9,13,16H,7H2,1H3,(H,24,25)/t13-,16-/m1/s1. The number of amides is 1. The zero-order valence-electron chi connectivity index (χ0n) is 13.7. The summed E-state index contributed by atoms with van der Waals surface area (Å²) >= 11 is 0. The lowest BCUT2D eigenvalue weighted by Crippen LogP contribution is -2.56. The first-order valence-corrected chi connectivity index (χ1v) is 7.78. The largest absolute Gasteiger partial charge is 0.478 e. The van der Waals surface area contributed by atoms with E-state index in [1.165, 1.54) is 18.3 Å². The molecule has 5 nitrogen and oxygen atoms in total. The van der Waals surface area contributed by atoms with Crippen molar-refractivity contribution >= 4 is 5.91 Å². The Bertz CT molecular complexity index is 890. The number of carbonyl (C=O) groups excluding carboxylic acids is 1. The molecule has 26 heavy (non-hydrogen) atoms. The number of alkyl halides is 3. The monoisotopic (exact) mass is 361 g/mol. The maximum atomic E-state index is 13.4. The number of nitrogens with zero attached hydrogens (tertiary/aromatic N) is 2. The van der Waals surface area contributed by atoms with E-state index in [0.717, 1.165) is 0 Å². The van der Waals surface area contributed by atoms with Gasteiger partial charge in [0.1, 0.15) is 17.5 Å². The first-order valence-electron chi connectivity index (χ1n) is 7.78. The van der Waals surface area contributed by atoms with Crippen LogP contribution in [0.2, 0.25) is 0 Å². The number of aromatic nitrogens is 1. The van der Waals surface area contributed by atoms with Crippen LogP contribution in [0.5, 0.6) is 5.75 Å². The van der Waals surface area contributed by atoms with E-state index < -0.39 is 24.2 Å². The molecular weight excluding hydrogens is 347 g/mol. The minimum absolute atomic E-state index is 0.0125. The third kappa shape index (κ3) is 3.47. The molecule has 0 saturated carbocycles. The van der Waals surface area contributed by atoms with Gasteiger partial charge in [0.25, 0.3) is 5.91 Å². The highest BCUT2D eigenvalue weighted by atomic mass is 19.4. The summed E-state index contributed by atoms with van der Waals surface area (Å²) in [6.07, 6.45) is -5.58. The summed E-state index contributed by atoms with van der Waals surface area (Å²) in [6, 6.07) is 8.42. The van der Waals surface area contributed by atoms with Crippen LogP contribution in [-0.4, -0.2) is 29.2 Å². The number of carbonyl (C=O) groups is 1. The molecule has 2 atom stereocenters. The minimum Gasteiger partial charge on any atom is -0.478 e. The highest BCUT2D eigenvalue weighted by Gasteiger charge is 2.49. The van der Waals surface area contributed by atoms with Crippen LogP contribution in [-0.2, 0) is 6.42 Å². The molecule has 0 spiro atoms. The van der Waals surface area contributed by atoms with E-state index in [1.54, 1.807) is 25.1 Å². The molecule has 0 unspecified atom stereocenters. The molecule has 134 valence electrons. The summed E-state index contributed by atoms with van der Waals surface area (Å²) in [5.41, 5.74) is 1.35. The maximum absolute atomic E-state index is 13.4. The summed E-state index contributed by atoms with van der Waals surface area (Å²) in [5.74, 6) is -0.590.